The van der Waals surface area contributed by atoms with Gasteiger partial charge in [0, 0.05) is 38.0 Å². The Morgan fingerprint density at radius 1 is 1.29 bits per heavy atom. The van der Waals surface area contributed by atoms with E-state index < -0.39 is 5.97 Å². The van der Waals surface area contributed by atoms with Crippen molar-refractivity contribution in [2.45, 2.75) is 26.3 Å². The van der Waals surface area contributed by atoms with Gasteiger partial charge in [-0.1, -0.05) is 0 Å². The Labute approximate surface area is 142 Å². The maximum atomic E-state index is 12.9. The van der Waals surface area contributed by atoms with Gasteiger partial charge in [-0.25, -0.2) is 4.79 Å². The third-order valence-electron chi connectivity index (χ3n) is 3.84. The standard InChI is InChI=1S/C17H26N4O3/c1-6-24-17(23)14-13-8-7-12(11-20(4)5)16(22)15(13)21(18-14)10-9-19(2)3/h11H,6-10H2,1-5H3/b12-11-. The molecule has 132 valence electrons. The molecule has 1 aromatic rings. The van der Waals surface area contributed by atoms with Gasteiger partial charge >= 0.3 is 5.97 Å². The van der Waals surface area contributed by atoms with E-state index in [-0.39, 0.29) is 18.1 Å². The van der Waals surface area contributed by atoms with Gasteiger partial charge in [0.15, 0.2) is 5.69 Å². The van der Waals surface area contributed by atoms with Crippen molar-refractivity contribution in [3.63, 3.8) is 0 Å². The number of aromatic nitrogens is 2. The lowest BCUT2D eigenvalue weighted by atomic mass is 9.90. The number of carbonyl (C=O) groups is 2. The summed E-state index contributed by atoms with van der Waals surface area (Å²) in [5, 5.41) is 4.40. The Morgan fingerprint density at radius 2 is 2.00 bits per heavy atom. The molecule has 0 radical (unpaired) electrons. The van der Waals surface area contributed by atoms with Crippen LogP contribution in [0.25, 0.3) is 0 Å². The predicted molar refractivity (Wildman–Crippen MR) is 91.2 cm³/mol. The topological polar surface area (TPSA) is 67.7 Å². The van der Waals surface area contributed by atoms with Crippen molar-refractivity contribution in [3.05, 3.63) is 28.7 Å². The zero-order valence-electron chi connectivity index (χ0n) is 15.1. The zero-order valence-corrected chi connectivity index (χ0v) is 15.1. The van der Waals surface area contributed by atoms with Crippen LogP contribution < -0.4 is 0 Å². The minimum atomic E-state index is -0.454. The van der Waals surface area contributed by atoms with Crippen LogP contribution in [0.4, 0.5) is 0 Å². The molecule has 1 aromatic heterocycles. The molecule has 0 unspecified atom stereocenters. The first-order chi connectivity index (χ1) is 11.3. The molecule has 7 nitrogen and oxygen atoms in total. The minimum Gasteiger partial charge on any atom is -0.461 e. The number of esters is 1. The molecule has 24 heavy (non-hydrogen) atoms. The number of nitrogens with zero attached hydrogens (tertiary/aromatic N) is 4. The Morgan fingerprint density at radius 3 is 2.58 bits per heavy atom. The largest absolute Gasteiger partial charge is 0.461 e. The van der Waals surface area contributed by atoms with Crippen LogP contribution in [0.15, 0.2) is 11.8 Å². The number of Topliss-reactive ketones (excluding diaryl/α,β-unsaturated/α-hetero) is 1. The van der Waals surface area contributed by atoms with Crippen molar-refractivity contribution in [1.82, 2.24) is 19.6 Å². The van der Waals surface area contributed by atoms with Crippen molar-refractivity contribution < 1.29 is 14.3 Å². The quantitative estimate of drug-likeness (QED) is 0.575. The van der Waals surface area contributed by atoms with Crippen LogP contribution in [0.2, 0.25) is 0 Å². The maximum Gasteiger partial charge on any atom is 0.359 e. The van der Waals surface area contributed by atoms with Gasteiger partial charge in [-0.15, -0.1) is 0 Å². The lowest BCUT2D eigenvalue weighted by molar-refractivity contribution is 0.0517. The van der Waals surface area contributed by atoms with Crippen LogP contribution in [0.5, 0.6) is 0 Å². The van der Waals surface area contributed by atoms with Gasteiger partial charge in [-0.05, 0) is 33.9 Å². The summed E-state index contributed by atoms with van der Waals surface area (Å²) in [5.41, 5.74) is 2.27. The third-order valence-corrected chi connectivity index (χ3v) is 3.84. The number of hydrogen-bond donors (Lipinski definition) is 0. The van der Waals surface area contributed by atoms with Crippen LogP contribution in [0.3, 0.4) is 0 Å². The number of fused-ring (bicyclic) bond motifs is 1. The van der Waals surface area contributed by atoms with E-state index in [2.05, 4.69) is 5.10 Å². The van der Waals surface area contributed by atoms with Gasteiger partial charge < -0.3 is 14.5 Å². The second kappa shape index (κ2) is 7.61. The van der Waals surface area contributed by atoms with Crippen molar-refractivity contribution in [1.29, 1.82) is 0 Å². The first-order valence-corrected chi connectivity index (χ1v) is 8.18. The zero-order chi connectivity index (χ0) is 17.9. The van der Waals surface area contributed by atoms with Crippen molar-refractivity contribution >= 4 is 11.8 Å². The predicted octanol–water partition coefficient (Wildman–Crippen LogP) is 1.20. The van der Waals surface area contributed by atoms with Crippen LogP contribution in [0.1, 0.15) is 39.9 Å². The van der Waals surface area contributed by atoms with Crippen molar-refractivity contribution in [3.8, 4) is 0 Å². The number of ketones is 1. The maximum absolute atomic E-state index is 12.9. The molecule has 1 heterocycles. The molecule has 0 aromatic carbocycles. The highest BCUT2D eigenvalue weighted by Gasteiger charge is 2.32. The van der Waals surface area contributed by atoms with Crippen LogP contribution in [-0.4, -0.2) is 72.7 Å². The number of ether oxygens (including phenoxy) is 1. The van der Waals surface area contributed by atoms with E-state index in [1.807, 2.05) is 44.2 Å². The van der Waals surface area contributed by atoms with Gasteiger partial charge in [0.1, 0.15) is 5.69 Å². The van der Waals surface area contributed by atoms with E-state index in [4.69, 9.17) is 4.74 Å². The Bertz CT molecular complexity index is 659. The van der Waals surface area contributed by atoms with Gasteiger partial charge in [0.25, 0.3) is 0 Å². The van der Waals surface area contributed by atoms with E-state index in [0.29, 0.717) is 30.6 Å². The second-order valence-electron chi connectivity index (χ2n) is 6.37. The van der Waals surface area contributed by atoms with Crippen molar-refractivity contribution in [2.24, 2.45) is 0 Å². The molecule has 0 atom stereocenters. The normalized spacial score (nSPS) is 15.8. The highest BCUT2D eigenvalue weighted by Crippen LogP contribution is 2.28. The molecule has 0 bridgehead atoms. The Hall–Kier alpha value is -2.15. The SMILES string of the molecule is CCOC(=O)c1nn(CCN(C)C)c2c1CC/C(=C/N(C)C)C2=O. The molecule has 0 amide bonds. The van der Waals surface area contributed by atoms with E-state index in [9.17, 15) is 9.59 Å². The van der Waals surface area contributed by atoms with E-state index in [1.54, 1.807) is 11.6 Å². The molecule has 0 N–H and O–H groups in total. The fourth-order valence-electron chi connectivity index (χ4n) is 2.77. The molecule has 0 saturated carbocycles. The van der Waals surface area contributed by atoms with Crippen molar-refractivity contribution in [2.75, 3.05) is 41.3 Å². The van der Waals surface area contributed by atoms with E-state index in [0.717, 1.165) is 12.1 Å². The minimum absolute atomic E-state index is 0.0493. The summed E-state index contributed by atoms with van der Waals surface area (Å²) in [4.78, 5) is 29.0. The average molecular weight is 334 g/mol. The highest BCUT2D eigenvalue weighted by atomic mass is 16.5. The number of likely N-dealkylation sites (N-methyl/N-ethyl adjacent to an activating group) is 1. The molecule has 1 aliphatic carbocycles. The van der Waals surface area contributed by atoms with Gasteiger partial charge in [-0.3, -0.25) is 9.48 Å². The lowest BCUT2D eigenvalue weighted by Crippen LogP contribution is -2.24. The first kappa shape index (κ1) is 18.2. The number of hydrogen-bond acceptors (Lipinski definition) is 6. The molecule has 0 fully saturated rings. The molecule has 2 rings (SSSR count). The van der Waals surface area contributed by atoms with Crippen LogP contribution in [0, 0.1) is 0 Å². The smallest absolute Gasteiger partial charge is 0.359 e. The van der Waals surface area contributed by atoms with Crippen LogP contribution in [-0.2, 0) is 17.7 Å². The van der Waals surface area contributed by atoms with E-state index in [1.165, 1.54) is 0 Å². The Balaban J connectivity index is 2.45. The fraction of sp³-hybridized carbons (Fsp3) is 0.588. The molecule has 0 aliphatic heterocycles. The summed E-state index contributed by atoms with van der Waals surface area (Å²) < 4.78 is 6.76. The monoisotopic (exact) mass is 334 g/mol. The first-order valence-electron chi connectivity index (χ1n) is 8.18. The molecular formula is C17H26N4O3. The molecule has 7 heteroatoms. The van der Waals surface area contributed by atoms with Gasteiger partial charge in [-0.2, -0.15) is 5.10 Å². The van der Waals surface area contributed by atoms with Gasteiger partial charge in [0.2, 0.25) is 5.78 Å². The summed E-state index contributed by atoms with van der Waals surface area (Å²) >= 11 is 0. The molecule has 1 aliphatic rings. The van der Waals surface area contributed by atoms with E-state index >= 15 is 0 Å². The fourth-order valence-corrected chi connectivity index (χ4v) is 2.77. The average Bonchev–Trinajstić information content (AvgIpc) is 2.87. The summed E-state index contributed by atoms with van der Waals surface area (Å²) in [5.74, 6) is -0.503. The Kier molecular flexibility index (Phi) is 5.77. The second-order valence-corrected chi connectivity index (χ2v) is 6.37. The summed E-state index contributed by atoms with van der Waals surface area (Å²) in [6.45, 7) is 3.33. The molecular weight excluding hydrogens is 308 g/mol. The number of allylic oxidation sites excluding steroid dienone is 1. The summed E-state index contributed by atoms with van der Waals surface area (Å²) in [6.07, 6.45) is 3.07. The molecule has 0 saturated heterocycles. The summed E-state index contributed by atoms with van der Waals surface area (Å²) in [7, 11) is 7.70. The molecule has 0 spiro atoms. The third kappa shape index (κ3) is 3.84. The lowest BCUT2D eigenvalue weighted by Gasteiger charge is -2.18. The number of carbonyl (C=O) groups excluding carboxylic acids is 2. The number of rotatable bonds is 6. The van der Waals surface area contributed by atoms with Crippen LogP contribution >= 0.6 is 0 Å². The highest BCUT2D eigenvalue weighted by molar-refractivity contribution is 6.11. The van der Waals surface area contributed by atoms with Gasteiger partial charge in [0.05, 0.1) is 13.2 Å². The summed E-state index contributed by atoms with van der Waals surface area (Å²) in [6, 6.07) is 0.